The number of carbonyl (C=O) groups is 1. The molecule has 2 saturated heterocycles. The molecule has 17 heavy (non-hydrogen) atoms. The van der Waals surface area contributed by atoms with Crippen molar-refractivity contribution < 1.29 is 9.53 Å². The lowest BCUT2D eigenvalue weighted by Gasteiger charge is -2.34. The Balaban J connectivity index is 1.90. The average molecular weight is 240 g/mol. The van der Waals surface area contributed by atoms with Crippen LogP contribution in [0.15, 0.2) is 0 Å². The minimum Gasteiger partial charge on any atom is -0.377 e. The molecule has 0 saturated carbocycles. The number of likely N-dealkylation sites (tertiary alicyclic amines) is 1. The van der Waals surface area contributed by atoms with Crippen molar-refractivity contribution in [2.75, 3.05) is 32.8 Å². The Kier molecular flexibility index (Phi) is 4.40. The number of nitrogens with zero attached hydrogens (tertiary/aromatic N) is 1. The molecule has 4 heteroatoms. The van der Waals surface area contributed by atoms with Gasteiger partial charge in [-0.3, -0.25) is 4.79 Å². The number of amides is 1. The van der Waals surface area contributed by atoms with Crippen LogP contribution >= 0.6 is 0 Å². The Morgan fingerprint density at radius 2 is 2.29 bits per heavy atom. The van der Waals surface area contributed by atoms with Crippen molar-refractivity contribution in [3.8, 4) is 0 Å². The van der Waals surface area contributed by atoms with Crippen LogP contribution in [0.2, 0.25) is 0 Å². The Morgan fingerprint density at radius 3 is 2.94 bits per heavy atom. The molecule has 98 valence electrons. The molecule has 0 radical (unpaired) electrons. The highest BCUT2D eigenvalue weighted by Crippen LogP contribution is 2.22. The third-order valence-electron chi connectivity index (χ3n) is 3.93. The number of carbonyl (C=O) groups excluding carboxylic acids is 1. The van der Waals surface area contributed by atoms with Crippen LogP contribution in [0.3, 0.4) is 0 Å². The molecule has 2 aliphatic rings. The number of piperidine rings is 1. The Hall–Kier alpha value is -0.610. The van der Waals surface area contributed by atoms with E-state index in [1.54, 1.807) is 0 Å². The largest absolute Gasteiger partial charge is 0.377 e. The summed E-state index contributed by atoms with van der Waals surface area (Å²) in [4.78, 5) is 14.4. The van der Waals surface area contributed by atoms with Crippen molar-refractivity contribution >= 4 is 5.91 Å². The molecule has 2 heterocycles. The standard InChI is InChI=1S/C13H24N2O2/c1-3-17-11-5-4-6-15(9-11)13(16)12-8-14-7-10(12)2/h10-12,14H,3-9H2,1-2H3. The molecule has 0 bridgehead atoms. The third kappa shape index (κ3) is 2.99. The van der Waals surface area contributed by atoms with E-state index in [2.05, 4.69) is 12.2 Å². The molecule has 3 unspecified atom stereocenters. The first-order valence-electron chi connectivity index (χ1n) is 6.83. The minimum absolute atomic E-state index is 0.176. The molecule has 0 aliphatic carbocycles. The molecule has 2 rings (SSSR count). The van der Waals surface area contributed by atoms with E-state index < -0.39 is 0 Å². The van der Waals surface area contributed by atoms with Crippen LogP contribution in [0.1, 0.15) is 26.7 Å². The third-order valence-corrected chi connectivity index (χ3v) is 3.93. The second-order valence-electron chi connectivity index (χ2n) is 5.25. The number of ether oxygens (including phenoxy) is 1. The molecule has 1 amide bonds. The van der Waals surface area contributed by atoms with E-state index in [4.69, 9.17) is 4.74 Å². The predicted octanol–water partition coefficient (Wildman–Crippen LogP) is 0.869. The molecule has 0 aromatic heterocycles. The van der Waals surface area contributed by atoms with Crippen LogP contribution in [0, 0.1) is 11.8 Å². The van der Waals surface area contributed by atoms with Crippen molar-refractivity contribution in [2.24, 2.45) is 11.8 Å². The molecule has 0 spiro atoms. The lowest BCUT2D eigenvalue weighted by atomic mass is 9.95. The van der Waals surface area contributed by atoms with Crippen molar-refractivity contribution in [1.82, 2.24) is 10.2 Å². The van der Waals surface area contributed by atoms with Gasteiger partial charge in [-0.25, -0.2) is 0 Å². The summed E-state index contributed by atoms with van der Waals surface area (Å²) < 4.78 is 5.64. The number of nitrogens with one attached hydrogen (secondary N) is 1. The molecular weight excluding hydrogens is 216 g/mol. The summed E-state index contributed by atoms with van der Waals surface area (Å²) in [6, 6.07) is 0. The summed E-state index contributed by atoms with van der Waals surface area (Å²) in [5.41, 5.74) is 0. The summed E-state index contributed by atoms with van der Waals surface area (Å²) in [7, 11) is 0. The molecular formula is C13H24N2O2. The van der Waals surface area contributed by atoms with Gasteiger partial charge in [0.05, 0.1) is 12.0 Å². The van der Waals surface area contributed by atoms with Gasteiger partial charge in [-0.15, -0.1) is 0 Å². The van der Waals surface area contributed by atoms with Gasteiger partial charge in [0.25, 0.3) is 0 Å². The topological polar surface area (TPSA) is 41.6 Å². The van der Waals surface area contributed by atoms with Gasteiger partial charge in [-0.05, 0) is 32.2 Å². The van der Waals surface area contributed by atoms with Crippen LogP contribution in [-0.4, -0.2) is 49.7 Å². The van der Waals surface area contributed by atoms with Gasteiger partial charge < -0.3 is 15.0 Å². The molecule has 4 nitrogen and oxygen atoms in total. The highest BCUT2D eigenvalue weighted by molar-refractivity contribution is 5.79. The van der Waals surface area contributed by atoms with E-state index in [1.807, 2.05) is 11.8 Å². The van der Waals surface area contributed by atoms with Crippen LogP contribution in [0.5, 0.6) is 0 Å². The van der Waals surface area contributed by atoms with Crippen molar-refractivity contribution in [2.45, 2.75) is 32.8 Å². The van der Waals surface area contributed by atoms with Crippen LogP contribution in [-0.2, 0) is 9.53 Å². The van der Waals surface area contributed by atoms with Crippen LogP contribution in [0.4, 0.5) is 0 Å². The van der Waals surface area contributed by atoms with E-state index in [0.717, 1.165) is 45.6 Å². The molecule has 2 fully saturated rings. The lowest BCUT2D eigenvalue weighted by molar-refractivity contribution is -0.140. The van der Waals surface area contributed by atoms with Crippen LogP contribution in [0.25, 0.3) is 0 Å². The van der Waals surface area contributed by atoms with E-state index in [1.165, 1.54) is 0 Å². The maximum Gasteiger partial charge on any atom is 0.227 e. The highest BCUT2D eigenvalue weighted by Gasteiger charge is 2.34. The second-order valence-corrected chi connectivity index (χ2v) is 5.25. The van der Waals surface area contributed by atoms with Crippen molar-refractivity contribution in [3.05, 3.63) is 0 Å². The number of rotatable bonds is 3. The van der Waals surface area contributed by atoms with Gasteiger partial charge in [-0.2, -0.15) is 0 Å². The highest BCUT2D eigenvalue weighted by atomic mass is 16.5. The zero-order chi connectivity index (χ0) is 12.3. The first kappa shape index (κ1) is 12.8. The zero-order valence-electron chi connectivity index (χ0n) is 10.9. The normalized spacial score (nSPS) is 34.0. The van der Waals surface area contributed by atoms with E-state index >= 15 is 0 Å². The number of hydrogen-bond acceptors (Lipinski definition) is 3. The molecule has 0 aromatic rings. The van der Waals surface area contributed by atoms with Gasteiger partial charge in [0.1, 0.15) is 0 Å². The SMILES string of the molecule is CCOC1CCCN(C(=O)C2CNCC2C)C1. The summed E-state index contributed by atoms with van der Waals surface area (Å²) in [6.07, 6.45) is 2.42. The van der Waals surface area contributed by atoms with Gasteiger partial charge in [0.15, 0.2) is 0 Å². The zero-order valence-corrected chi connectivity index (χ0v) is 10.9. The summed E-state index contributed by atoms with van der Waals surface area (Å²) in [5.74, 6) is 0.970. The van der Waals surface area contributed by atoms with Crippen LogP contribution < -0.4 is 5.32 Å². The molecule has 2 aliphatic heterocycles. The lowest BCUT2D eigenvalue weighted by Crippen LogP contribution is -2.47. The summed E-state index contributed by atoms with van der Waals surface area (Å²) in [5, 5.41) is 3.30. The van der Waals surface area contributed by atoms with Crippen molar-refractivity contribution in [1.29, 1.82) is 0 Å². The first-order valence-corrected chi connectivity index (χ1v) is 6.83. The average Bonchev–Trinajstić information content (AvgIpc) is 2.75. The fraction of sp³-hybridized carbons (Fsp3) is 0.923. The Labute approximate surface area is 104 Å². The molecule has 1 N–H and O–H groups in total. The minimum atomic E-state index is 0.176. The maximum absolute atomic E-state index is 12.4. The smallest absolute Gasteiger partial charge is 0.227 e. The quantitative estimate of drug-likeness (QED) is 0.796. The monoisotopic (exact) mass is 240 g/mol. The van der Waals surface area contributed by atoms with Crippen molar-refractivity contribution in [3.63, 3.8) is 0 Å². The van der Waals surface area contributed by atoms with E-state index in [9.17, 15) is 4.79 Å². The number of hydrogen-bond donors (Lipinski definition) is 1. The second kappa shape index (κ2) is 5.83. The van der Waals surface area contributed by atoms with Gasteiger partial charge in [0, 0.05) is 26.2 Å². The summed E-state index contributed by atoms with van der Waals surface area (Å²) in [6.45, 7) is 8.43. The van der Waals surface area contributed by atoms with Gasteiger partial charge in [0.2, 0.25) is 5.91 Å². The molecule has 0 aromatic carbocycles. The Bertz CT molecular complexity index is 268. The van der Waals surface area contributed by atoms with Gasteiger partial charge in [-0.1, -0.05) is 6.92 Å². The maximum atomic E-state index is 12.4. The Morgan fingerprint density at radius 1 is 1.47 bits per heavy atom. The fourth-order valence-electron chi connectivity index (χ4n) is 2.89. The molecule has 3 atom stereocenters. The van der Waals surface area contributed by atoms with E-state index in [-0.39, 0.29) is 12.0 Å². The summed E-state index contributed by atoms with van der Waals surface area (Å²) >= 11 is 0. The van der Waals surface area contributed by atoms with E-state index in [0.29, 0.717) is 11.8 Å². The first-order chi connectivity index (χ1) is 8.22. The predicted molar refractivity (Wildman–Crippen MR) is 66.8 cm³/mol. The fourth-order valence-corrected chi connectivity index (χ4v) is 2.89. The van der Waals surface area contributed by atoms with Gasteiger partial charge >= 0.3 is 0 Å².